The topological polar surface area (TPSA) is 45.8 Å². The molecule has 0 saturated carbocycles. The Hall–Kier alpha value is -2.42. The molecule has 3 aromatic rings. The van der Waals surface area contributed by atoms with Gasteiger partial charge in [0.1, 0.15) is 0 Å². The van der Waals surface area contributed by atoms with E-state index in [4.69, 9.17) is 0 Å². The average molecular weight is 236 g/mol. The Balaban J connectivity index is 2.21. The maximum absolute atomic E-state index is 11.3. The highest BCUT2D eigenvalue weighted by Gasteiger charge is 2.01. The van der Waals surface area contributed by atoms with Crippen molar-refractivity contribution < 1.29 is 0 Å². The number of hydrogen-bond acceptors (Lipinski definition) is 2. The highest BCUT2D eigenvalue weighted by Crippen LogP contribution is 2.22. The fraction of sp³-hybridized carbons (Fsp3) is 0.0667. The van der Waals surface area contributed by atoms with Crippen molar-refractivity contribution in [3.63, 3.8) is 0 Å². The summed E-state index contributed by atoms with van der Waals surface area (Å²) in [6.45, 7) is 2.06. The number of aryl methyl sites for hydroxylation is 1. The van der Waals surface area contributed by atoms with E-state index < -0.39 is 0 Å². The van der Waals surface area contributed by atoms with Crippen LogP contribution in [0.5, 0.6) is 0 Å². The van der Waals surface area contributed by atoms with Gasteiger partial charge in [0, 0.05) is 0 Å². The fourth-order valence-electron chi connectivity index (χ4n) is 2.05. The van der Waals surface area contributed by atoms with Gasteiger partial charge in [0.25, 0.3) is 5.56 Å². The summed E-state index contributed by atoms with van der Waals surface area (Å²) in [4.78, 5) is 18.2. The first-order valence-electron chi connectivity index (χ1n) is 5.78. The molecule has 0 atom stereocenters. The molecule has 1 aromatic heterocycles. The van der Waals surface area contributed by atoms with Crippen LogP contribution in [0, 0.1) is 6.92 Å². The predicted molar refractivity (Wildman–Crippen MR) is 72.5 cm³/mol. The molecule has 18 heavy (non-hydrogen) atoms. The monoisotopic (exact) mass is 236 g/mol. The number of nitrogens with one attached hydrogen (secondary N) is 1. The third-order valence-corrected chi connectivity index (χ3v) is 2.93. The van der Waals surface area contributed by atoms with Crippen molar-refractivity contribution in [2.24, 2.45) is 0 Å². The zero-order chi connectivity index (χ0) is 12.5. The van der Waals surface area contributed by atoms with Crippen molar-refractivity contribution in [3.05, 3.63) is 64.6 Å². The molecule has 0 saturated heterocycles. The second kappa shape index (κ2) is 4.11. The van der Waals surface area contributed by atoms with E-state index in [0.29, 0.717) is 0 Å². The molecule has 3 rings (SSSR count). The molecule has 0 aliphatic carbocycles. The van der Waals surface area contributed by atoms with Crippen molar-refractivity contribution in [1.82, 2.24) is 9.97 Å². The van der Waals surface area contributed by atoms with Crippen LogP contribution in [0.2, 0.25) is 0 Å². The highest BCUT2D eigenvalue weighted by atomic mass is 16.1. The molecule has 3 nitrogen and oxygen atoms in total. The molecular formula is C15H12N2O. The van der Waals surface area contributed by atoms with Gasteiger partial charge in [-0.25, -0.2) is 4.98 Å². The van der Waals surface area contributed by atoms with Gasteiger partial charge in [-0.3, -0.25) is 4.79 Å². The van der Waals surface area contributed by atoms with Crippen LogP contribution in [0.3, 0.4) is 0 Å². The minimum absolute atomic E-state index is 0.177. The predicted octanol–water partition coefficient (Wildman–Crippen LogP) is 2.90. The van der Waals surface area contributed by atoms with Gasteiger partial charge in [0.05, 0.1) is 17.2 Å². The van der Waals surface area contributed by atoms with Gasteiger partial charge in [0.15, 0.2) is 0 Å². The number of hydrogen-bond donors (Lipinski definition) is 1. The highest BCUT2D eigenvalue weighted by molar-refractivity contribution is 5.81. The molecule has 0 unspecified atom stereocenters. The lowest BCUT2D eigenvalue weighted by molar-refractivity contribution is 1.22. The summed E-state index contributed by atoms with van der Waals surface area (Å²) in [6, 6.07) is 14.2. The fourth-order valence-corrected chi connectivity index (χ4v) is 2.05. The maximum atomic E-state index is 11.3. The summed E-state index contributed by atoms with van der Waals surface area (Å²) >= 11 is 0. The molecular weight excluding hydrogens is 224 g/mol. The third kappa shape index (κ3) is 1.91. The molecule has 0 fully saturated rings. The largest absolute Gasteiger partial charge is 0.319 e. The van der Waals surface area contributed by atoms with E-state index in [1.54, 1.807) is 0 Å². The van der Waals surface area contributed by atoms with E-state index in [1.165, 1.54) is 11.8 Å². The summed E-state index contributed by atoms with van der Waals surface area (Å²) in [6.07, 6.45) is 1.30. The Morgan fingerprint density at radius 3 is 2.72 bits per heavy atom. The summed E-state index contributed by atoms with van der Waals surface area (Å²) in [5.74, 6) is 0. The van der Waals surface area contributed by atoms with Crippen molar-refractivity contribution in [2.45, 2.75) is 6.92 Å². The van der Waals surface area contributed by atoms with Crippen LogP contribution in [0.25, 0.3) is 22.2 Å². The van der Waals surface area contributed by atoms with E-state index in [-0.39, 0.29) is 5.56 Å². The quantitative estimate of drug-likeness (QED) is 0.706. The summed E-state index contributed by atoms with van der Waals surface area (Å²) in [5, 5.41) is 0. The molecule has 1 heterocycles. The smallest absolute Gasteiger partial charge is 0.266 e. The Labute approximate surface area is 104 Å². The third-order valence-electron chi connectivity index (χ3n) is 2.93. The van der Waals surface area contributed by atoms with E-state index in [9.17, 15) is 4.79 Å². The van der Waals surface area contributed by atoms with Gasteiger partial charge in [-0.2, -0.15) is 0 Å². The van der Waals surface area contributed by atoms with Crippen LogP contribution in [-0.4, -0.2) is 9.97 Å². The Morgan fingerprint density at radius 2 is 1.89 bits per heavy atom. The number of benzene rings is 2. The number of aromatic amines is 1. The first kappa shape index (κ1) is 10.7. The van der Waals surface area contributed by atoms with Gasteiger partial charge in [-0.15, -0.1) is 0 Å². The van der Waals surface area contributed by atoms with Crippen molar-refractivity contribution in [1.29, 1.82) is 0 Å². The molecule has 0 spiro atoms. The van der Waals surface area contributed by atoms with E-state index in [1.807, 2.05) is 24.3 Å². The molecule has 0 amide bonds. The molecule has 0 aliphatic heterocycles. The average Bonchev–Trinajstić information content (AvgIpc) is 2.38. The van der Waals surface area contributed by atoms with Crippen LogP contribution in [0.1, 0.15) is 5.56 Å². The minimum atomic E-state index is -0.177. The second-order valence-electron chi connectivity index (χ2n) is 4.35. The molecule has 0 aliphatic rings. The molecule has 0 radical (unpaired) electrons. The van der Waals surface area contributed by atoms with E-state index >= 15 is 0 Å². The molecule has 0 bridgehead atoms. The second-order valence-corrected chi connectivity index (χ2v) is 4.35. The number of H-pyrrole nitrogens is 1. The number of rotatable bonds is 1. The summed E-state index contributed by atoms with van der Waals surface area (Å²) in [5.41, 5.74) is 4.82. The van der Waals surface area contributed by atoms with Crippen LogP contribution in [-0.2, 0) is 0 Å². The zero-order valence-electron chi connectivity index (χ0n) is 9.97. The van der Waals surface area contributed by atoms with Crippen LogP contribution in [0.15, 0.2) is 53.5 Å². The lowest BCUT2D eigenvalue weighted by Gasteiger charge is -2.04. The number of aromatic nitrogens is 2. The minimum Gasteiger partial charge on any atom is -0.319 e. The lowest BCUT2D eigenvalue weighted by atomic mass is 10.0. The Morgan fingerprint density at radius 1 is 1.06 bits per heavy atom. The normalized spacial score (nSPS) is 10.7. The standard InChI is InChI=1S/C15H12N2O/c1-10-3-2-4-11(7-10)12-5-6-13-14(8-12)17-15(18)9-16-13/h2-9H,1H3,(H,17,18). The molecule has 88 valence electrons. The van der Waals surface area contributed by atoms with Gasteiger partial charge in [-0.1, -0.05) is 35.9 Å². The van der Waals surface area contributed by atoms with Crippen molar-refractivity contribution >= 4 is 11.0 Å². The SMILES string of the molecule is Cc1cccc(-c2ccc3ncc(=O)[nH]c3c2)c1. The zero-order valence-corrected chi connectivity index (χ0v) is 9.97. The Bertz CT molecular complexity index is 775. The Kier molecular flexibility index (Phi) is 2.45. The lowest BCUT2D eigenvalue weighted by Crippen LogP contribution is -2.04. The maximum Gasteiger partial charge on any atom is 0.266 e. The van der Waals surface area contributed by atoms with Gasteiger partial charge >= 0.3 is 0 Å². The van der Waals surface area contributed by atoms with Crippen LogP contribution < -0.4 is 5.56 Å². The van der Waals surface area contributed by atoms with E-state index in [0.717, 1.165) is 22.2 Å². The van der Waals surface area contributed by atoms with Gasteiger partial charge < -0.3 is 4.98 Å². The van der Waals surface area contributed by atoms with Crippen molar-refractivity contribution in [2.75, 3.05) is 0 Å². The first-order valence-corrected chi connectivity index (χ1v) is 5.78. The molecule has 1 N–H and O–H groups in total. The number of nitrogens with zero attached hydrogens (tertiary/aromatic N) is 1. The molecule has 3 heteroatoms. The van der Waals surface area contributed by atoms with Crippen LogP contribution in [0.4, 0.5) is 0 Å². The van der Waals surface area contributed by atoms with Crippen molar-refractivity contribution in [3.8, 4) is 11.1 Å². The number of fused-ring (bicyclic) bond motifs is 1. The van der Waals surface area contributed by atoms with Gasteiger partial charge in [-0.05, 0) is 30.2 Å². The van der Waals surface area contributed by atoms with E-state index in [2.05, 4.69) is 35.1 Å². The van der Waals surface area contributed by atoms with Crippen LogP contribution >= 0.6 is 0 Å². The summed E-state index contributed by atoms with van der Waals surface area (Å²) in [7, 11) is 0. The molecule has 2 aromatic carbocycles. The van der Waals surface area contributed by atoms with Gasteiger partial charge in [0.2, 0.25) is 0 Å². The first-order chi connectivity index (χ1) is 8.72. The summed E-state index contributed by atoms with van der Waals surface area (Å²) < 4.78 is 0.